The highest BCUT2D eigenvalue weighted by atomic mass is 32.2. The minimum Gasteiger partial charge on any atom is -0.481 e. The summed E-state index contributed by atoms with van der Waals surface area (Å²) in [6.07, 6.45) is 3.14. The molecular weight excluding hydrogens is 252 g/mol. The van der Waals surface area contributed by atoms with E-state index in [1.165, 1.54) is 0 Å². The second-order valence-corrected chi connectivity index (χ2v) is 5.69. The van der Waals surface area contributed by atoms with Crippen LogP contribution >= 0.6 is 11.8 Å². The first-order valence-electron chi connectivity index (χ1n) is 6.22. The second kappa shape index (κ2) is 6.87. The molecule has 1 unspecified atom stereocenters. The van der Waals surface area contributed by atoms with Gasteiger partial charge in [0.1, 0.15) is 0 Å². The number of carbonyl (C=O) groups excluding carboxylic acids is 1. The fourth-order valence-corrected chi connectivity index (χ4v) is 3.02. The second-order valence-electron chi connectivity index (χ2n) is 4.78. The van der Waals surface area contributed by atoms with Crippen LogP contribution in [0.1, 0.15) is 19.8 Å². The maximum atomic E-state index is 12.1. The van der Waals surface area contributed by atoms with E-state index in [1.807, 2.05) is 13.3 Å². The van der Waals surface area contributed by atoms with Crippen molar-refractivity contribution in [1.29, 1.82) is 0 Å². The summed E-state index contributed by atoms with van der Waals surface area (Å²) >= 11 is 1.74. The van der Waals surface area contributed by atoms with Crippen molar-refractivity contribution in [2.75, 3.05) is 32.1 Å². The Morgan fingerprint density at radius 1 is 1.50 bits per heavy atom. The molecule has 104 valence electrons. The van der Waals surface area contributed by atoms with Crippen molar-refractivity contribution in [3.8, 4) is 0 Å². The van der Waals surface area contributed by atoms with Gasteiger partial charge in [-0.25, -0.2) is 4.79 Å². The van der Waals surface area contributed by atoms with Crippen molar-refractivity contribution >= 4 is 23.8 Å². The molecule has 0 aliphatic carbocycles. The third kappa shape index (κ3) is 3.80. The van der Waals surface area contributed by atoms with E-state index in [0.29, 0.717) is 13.1 Å². The molecule has 18 heavy (non-hydrogen) atoms. The van der Waals surface area contributed by atoms with Gasteiger partial charge in [-0.15, -0.1) is 0 Å². The highest BCUT2D eigenvalue weighted by Gasteiger charge is 2.34. The molecule has 0 bridgehead atoms. The minimum atomic E-state index is -0.783. The molecule has 0 aromatic rings. The first kappa shape index (κ1) is 15.1. The summed E-state index contributed by atoms with van der Waals surface area (Å²) in [7, 11) is 1.83. The maximum Gasteiger partial charge on any atom is 0.320 e. The normalized spacial score (nSPS) is 17.2. The number of amides is 2. The van der Waals surface area contributed by atoms with E-state index >= 15 is 0 Å². The van der Waals surface area contributed by atoms with Gasteiger partial charge in [0.15, 0.2) is 0 Å². The van der Waals surface area contributed by atoms with Crippen molar-refractivity contribution in [3.63, 3.8) is 0 Å². The van der Waals surface area contributed by atoms with Gasteiger partial charge in [0.05, 0.1) is 6.42 Å². The first-order valence-corrected chi connectivity index (χ1v) is 7.61. The number of nitrogens with zero attached hydrogens (tertiary/aromatic N) is 2. The van der Waals surface area contributed by atoms with Crippen molar-refractivity contribution < 1.29 is 14.7 Å². The lowest BCUT2D eigenvalue weighted by atomic mass is 9.97. The predicted molar refractivity (Wildman–Crippen MR) is 72.9 cm³/mol. The van der Waals surface area contributed by atoms with Gasteiger partial charge in [-0.1, -0.05) is 6.92 Å². The van der Waals surface area contributed by atoms with E-state index in [-0.39, 0.29) is 24.4 Å². The molecule has 0 spiro atoms. The number of rotatable bonds is 6. The van der Waals surface area contributed by atoms with Crippen LogP contribution in [-0.4, -0.2) is 65.1 Å². The number of hydrogen-bond donors (Lipinski definition) is 1. The summed E-state index contributed by atoms with van der Waals surface area (Å²) in [5, 5.41) is 8.66. The van der Waals surface area contributed by atoms with E-state index in [0.717, 1.165) is 12.2 Å². The standard InChI is InChI=1S/C12H22N2O3S/c1-4-10(8-18-3)13(2)12(17)14-6-9(7-14)5-11(15)16/h9-10H,4-8H2,1-3H3,(H,15,16). The average Bonchev–Trinajstić information content (AvgIpc) is 2.28. The monoisotopic (exact) mass is 274 g/mol. The first-order chi connectivity index (χ1) is 8.49. The molecule has 2 amide bonds. The quantitative estimate of drug-likeness (QED) is 0.799. The number of carboxylic acids is 1. The number of carbonyl (C=O) groups is 2. The van der Waals surface area contributed by atoms with Crippen LogP contribution in [0.3, 0.4) is 0 Å². The molecule has 1 atom stereocenters. The third-order valence-corrected chi connectivity index (χ3v) is 4.09. The molecule has 5 nitrogen and oxygen atoms in total. The van der Waals surface area contributed by atoms with Crippen LogP contribution in [0.25, 0.3) is 0 Å². The molecule has 6 heteroatoms. The summed E-state index contributed by atoms with van der Waals surface area (Å²) in [6.45, 7) is 3.23. The van der Waals surface area contributed by atoms with Crippen LogP contribution in [0.5, 0.6) is 0 Å². The van der Waals surface area contributed by atoms with E-state index in [4.69, 9.17) is 5.11 Å². The third-order valence-electron chi connectivity index (χ3n) is 3.37. The molecule has 1 aliphatic heterocycles. The van der Waals surface area contributed by atoms with Gasteiger partial charge < -0.3 is 14.9 Å². The van der Waals surface area contributed by atoms with Crippen molar-refractivity contribution in [2.24, 2.45) is 5.92 Å². The fourth-order valence-electron chi connectivity index (χ4n) is 2.18. The van der Waals surface area contributed by atoms with E-state index in [9.17, 15) is 9.59 Å². The highest BCUT2D eigenvalue weighted by molar-refractivity contribution is 7.98. The maximum absolute atomic E-state index is 12.1. The van der Waals surface area contributed by atoms with Gasteiger partial charge in [-0.3, -0.25) is 4.79 Å². The zero-order chi connectivity index (χ0) is 13.7. The van der Waals surface area contributed by atoms with Crippen LogP contribution in [0.2, 0.25) is 0 Å². The summed E-state index contributed by atoms with van der Waals surface area (Å²) in [5.74, 6) is 0.278. The van der Waals surface area contributed by atoms with E-state index < -0.39 is 5.97 Å². The topological polar surface area (TPSA) is 60.9 Å². The number of hydrogen-bond acceptors (Lipinski definition) is 3. The number of urea groups is 1. The molecule has 1 N–H and O–H groups in total. The number of thioether (sulfide) groups is 1. The number of carboxylic acid groups (broad SMARTS) is 1. The largest absolute Gasteiger partial charge is 0.481 e. The molecule has 0 radical (unpaired) electrons. The lowest BCUT2D eigenvalue weighted by Crippen LogP contribution is -2.56. The van der Waals surface area contributed by atoms with Gasteiger partial charge in [-0.2, -0.15) is 11.8 Å². The Balaban J connectivity index is 2.39. The Kier molecular flexibility index (Phi) is 5.78. The highest BCUT2D eigenvalue weighted by Crippen LogP contribution is 2.21. The summed E-state index contributed by atoms with van der Waals surface area (Å²) < 4.78 is 0. The van der Waals surface area contributed by atoms with E-state index in [2.05, 4.69) is 6.92 Å². The molecule has 1 fully saturated rings. The molecule has 1 saturated heterocycles. The zero-order valence-corrected chi connectivity index (χ0v) is 12.1. The fraction of sp³-hybridized carbons (Fsp3) is 0.833. The molecular formula is C12H22N2O3S. The lowest BCUT2D eigenvalue weighted by molar-refractivity contribution is -0.139. The Hall–Kier alpha value is -0.910. The molecule has 1 rings (SSSR count). The van der Waals surface area contributed by atoms with Crippen LogP contribution in [0.4, 0.5) is 4.79 Å². The van der Waals surface area contributed by atoms with Gasteiger partial charge in [0.2, 0.25) is 0 Å². The zero-order valence-electron chi connectivity index (χ0n) is 11.3. The summed E-state index contributed by atoms with van der Waals surface area (Å²) in [5.41, 5.74) is 0. The number of aliphatic carboxylic acids is 1. The van der Waals surface area contributed by atoms with Gasteiger partial charge in [0, 0.05) is 37.8 Å². The van der Waals surface area contributed by atoms with Crippen LogP contribution < -0.4 is 0 Å². The summed E-state index contributed by atoms with van der Waals surface area (Å²) in [4.78, 5) is 26.2. The molecule has 1 heterocycles. The SMILES string of the molecule is CCC(CSC)N(C)C(=O)N1CC(CC(=O)O)C1. The van der Waals surface area contributed by atoms with E-state index in [1.54, 1.807) is 21.6 Å². The minimum absolute atomic E-state index is 0.0255. The molecule has 0 saturated carbocycles. The van der Waals surface area contributed by atoms with Gasteiger partial charge >= 0.3 is 12.0 Å². The Morgan fingerprint density at radius 2 is 2.11 bits per heavy atom. The van der Waals surface area contributed by atoms with Crippen LogP contribution in [0.15, 0.2) is 0 Å². The lowest BCUT2D eigenvalue weighted by Gasteiger charge is -2.42. The molecule has 1 aliphatic rings. The Bertz CT molecular complexity index is 306. The predicted octanol–water partition coefficient (Wildman–Crippen LogP) is 1.59. The Morgan fingerprint density at radius 3 is 2.56 bits per heavy atom. The average molecular weight is 274 g/mol. The van der Waals surface area contributed by atoms with Crippen molar-refractivity contribution in [1.82, 2.24) is 9.80 Å². The summed E-state index contributed by atoms with van der Waals surface area (Å²) in [6, 6.07) is 0.281. The van der Waals surface area contributed by atoms with Gasteiger partial charge in [0.25, 0.3) is 0 Å². The van der Waals surface area contributed by atoms with Crippen LogP contribution in [-0.2, 0) is 4.79 Å². The van der Waals surface area contributed by atoms with Crippen LogP contribution in [0, 0.1) is 5.92 Å². The van der Waals surface area contributed by atoms with Crippen molar-refractivity contribution in [3.05, 3.63) is 0 Å². The smallest absolute Gasteiger partial charge is 0.320 e. The van der Waals surface area contributed by atoms with Gasteiger partial charge in [-0.05, 0) is 12.7 Å². The molecule has 0 aromatic heterocycles. The molecule has 0 aromatic carbocycles. The Labute approximate surface area is 113 Å². The van der Waals surface area contributed by atoms with Crippen molar-refractivity contribution in [2.45, 2.75) is 25.8 Å². The number of likely N-dealkylation sites (tertiary alicyclic amines) is 1.